The summed E-state index contributed by atoms with van der Waals surface area (Å²) < 4.78 is 0. The van der Waals surface area contributed by atoms with Crippen molar-refractivity contribution in [3.05, 3.63) is 46.5 Å². The summed E-state index contributed by atoms with van der Waals surface area (Å²) in [5.41, 5.74) is 2.68. The molecule has 1 heterocycles. The first-order valence-corrected chi connectivity index (χ1v) is 9.02. The number of carbonyl (C=O) groups excluding carboxylic acids is 2. The van der Waals surface area contributed by atoms with E-state index in [0.29, 0.717) is 23.9 Å². The topological polar surface area (TPSA) is 65.5 Å². The number of benzene rings is 1. The standard InChI is InChI=1S/C18H24N4O2S/c1-5-22(11-15-8-6-14(7-9-15)10-21(3)4)17(24)16-12-25-18(20-16)19-13(2)23/h6-9,12H,5,10-11H2,1-4H3,(H,19,20,23). The predicted molar refractivity (Wildman–Crippen MR) is 101 cm³/mol. The number of aromatic nitrogens is 1. The van der Waals surface area contributed by atoms with Crippen LogP contribution >= 0.6 is 11.3 Å². The third-order valence-electron chi connectivity index (χ3n) is 3.57. The Morgan fingerprint density at radius 1 is 1.12 bits per heavy atom. The van der Waals surface area contributed by atoms with Gasteiger partial charge in [-0.25, -0.2) is 4.98 Å². The fourth-order valence-electron chi connectivity index (χ4n) is 2.40. The SMILES string of the molecule is CCN(Cc1ccc(CN(C)C)cc1)C(=O)c1csc(NC(C)=O)n1. The van der Waals surface area contributed by atoms with Crippen LogP contribution in [0.1, 0.15) is 35.5 Å². The van der Waals surface area contributed by atoms with Crippen LogP contribution in [0.5, 0.6) is 0 Å². The first kappa shape index (κ1) is 19.1. The van der Waals surface area contributed by atoms with Crippen LogP contribution in [0, 0.1) is 0 Å². The molecule has 1 aromatic carbocycles. The highest BCUT2D eigenvalue weighted by Crippen LogP contribution is 2.18. The van der Waals surface area contributed by atoms with E-state index in [1.54, 1.807) is 10.3 Å². The number of anilines is 1. The summed E-state index contributed by atoms with van der Waals surface area (Å²) in [6.45, 7) is 5.37. The first-order chi connectivity index (χ1) is 11.9. The van der Waals surface area contributed by atoms with Gasteiger partial charge in [0.05, 0.1) is 0 Å². The Hall–Kier alpha value is -2.25. The van der Waals surface area contributed by atoms with Gasteiger partial charge in [0.2, 0.25) is 5.91 Å². The van der Waals surface area contributed by atoms with Crippen LogP contribution in [-0.2, 0) is 17.9 Å². The fourth-order valence-corrected chi connectivity index (χ4v) is 3.14. The number of amides is 2. The van der Waals surface area contributed by atoms with Gasteiger partial charge in [-0.15, -0.1) is 11.3 Å². The summed E-state index contributed by atoms with van der Waals surface area (Å²) >= 11 is 1.25. The van der Waals surface area contributed by atoms with Crippen molar-refractivity contribution >= 4 is 28.3 Å². The highest BCUT2D eigenvalue weighted by molar-refractivity contribution is 7.14. The van der Waals surface area contributed by atoms with Gasteiger partial charge in [-0.1, -0.05) is 24.3 Å². The Kier molecular flexibility index (Phi) is 6.66. The van der Waals surface area contributed by atoms with Gasteiger partial charge < -0.3 is 15.1 Å². The number of hydrogen-bond acceptors (Lipinski definition) is 5. The second-order valence-electron chi connectivity index (χ2n) is 6.09. The van der Waals surface area contributed by atoms with E-state index >= 15 is 0 Å². The van der Waals surface area contributed by atoms with Gasteiger partial charge in [-0.2, -0.15) is 0 Å². The van der Waals surface area contributed by atoms with E-state index in [9.17, 15) is 9.59 Å². The third kappa shape index (κ3) is 5.65. The van der Waals surface area contributed by atoms with Crippen LogP contribution in [0.2, 0.25) is 0 Å². The molecule has 0 aliphatic carbocycles. The Balaban J connectivity index is 2.04. The molecule has 2 aromatic rings. The van der Waals surface area contributed by atoms with E-state index in [4.69, 9.17) is 0 Å². The summed E-state index contributed by atoms with van der Waals surface area (Å²) in [7, 11) is 4.07. The minimum absolute atomic E-state index is 0.132. The van der Waals surface area contributed by atoms with Crippen LogP contribution in [0.3, 0.4) is 0 Å². The quantitative estimate of drug-likeness (QED) is 0.825. The van der Waals surface area contributed by atoms with Crippen LogP contribution < -0.4 is 5.32 Å². The minimum atomic E-state index is -0.196. The van der Waals surface area contributed by atoms with Crippen molar-refractivity contribution in [3.8, 4) is 0 Å². The Morgan fingerprint density at radius 2 is 1.72 bits per heavy atom. The van der Waals surface area contributed by atoms with Gasteiger partial charge in [-0.3, -0.25) is 9.59 Å². The second-order valence-corrected chi connectivity index (χ2v) is 6.95. The van der Waals surface area contributed by atoms with Crippen LogP contribution in [0.25, 0.3) is 0 Å². The van der Waals surface area contributed by atoms with Crippen molar-refractivity contribution in [1.29, 1.82) is 0 Å². The number of nitrogens with zero attached hydrogens (tertiary/aromatic N) is 3. The molecule has 134 valence electrons. The number of thiazole rings is 1. The monoisotopic (exact) mass is 360 g/mol. The minimum Gasteiger partial charge on any atom is -0.333 e. The largest absolute Gasteiger partial charge is 0.333 e. The van der Waals surface area contributed by atoms with Crippen molar-refractivity contribution < 1.29 is 9.59 Å². The van der Waals surface area contributed by atoms with Gasteiger partial charge in [-0.05, 0) is 32.1 Å². The zero-order valence-electron chi connectivity index (χ0n) is 15.1. The van der Waals surface area contributed by atoms with Gasteiger partial charge >= 0.3 is 0 Å². The molecule has 0 fully saturated rings. The summed E-state index contributed by atoms with van der Waals surface area (Å²) in [5, 5.41) is 4.72. The third-order valence-corrected chi connectivity index (χ3v) is 4.33. The molecule has 0 bridgehead atoms. The molecule has 0 saturated heterocycles. The van der Waals surface area contributed by atoms with Gasteiger partial charge in [0.15, 0.2) is 5.13 Å². The molecule has 0 radical (unpaired) electrons. The molecule has 0 aliphatic rings. The maximum absolute atomic E-state index is 12.6. The number of hydrogen-bond donors (Lipinski definition) is 1. The van der Waals surface area contributed by atoms with E-state index in [2.05, 4.69) is 39.5 Å². The van der Waals surface area contributed by atoms with Crippen molar-refractivity contribution in [2.75, 3.05) is 26.0 Å². The van der Waals surface area contributed by atoms with Gasteiger partial charge in [0.1, 0.15) is 5.69 Å². The summed E-state index contributed by atoms with van der Waals surface area (Å²) in [6, 6.07) is 8.29. The van der Waals surface area contributed by atoms with Crippen molar-refractivity contribution in [1.82, 2.24) is 14.8 Å². The fraction of sp³-hybridized carbons (Fsp3) is 0.389. The van der Waals surface area contributed by atoms with E-state index in [1.165, 1.54) is 23.8 Å². The van der Waals surface area contributed by atoms with Crippen molar-refractivity contribution in [3.63, 3.8) is 0 Å². The highest BCUT2D eigenvalue weighted by atomic mass is 32.1. The number of nitrogens with one attached hydrogen (secondary N) is 1. The normalized spacial score (nSPS) is 10.8. The Morgan fingerprint density at radius 3 is 2.24 bits per heavy atom. The van der Waals surface area contributed by atoms with Crippen LogP contribution in [-0.4, -0.2) is 47.2 Å². The molecule has 1 aromatic heterocycles. The molecule has 1 N–H and O–H groups in total. The maximum atomic E-state index is 12.6. The van der Waals surface area contributed by atoms with E-state index in [1.807, 2.05) is 21.0 Å². The molecule has 0 saturated carbocycles. The number of carbonyl (C=O) groups is 2. The molecule has 0 atom stereocenters. The molecule has 7 heteroatoms. The van der Waals surface area contributed by atoms with Crippen LogP contribution in [0.4, 0.5) is 5.13 Å². The summed E-state index contributed by atoms with van der Waals surface area (Å²) in [4.78, 5) is 31.8. The molecule has 0 aliphatic heterocycles. The molecule has 2 amide bonds. The smallest absolute Gasteiger partial charge is 0.273 e. The molecular formula is C18H24N4O2S. The lowest BCUT2D eigenvalue weighted by atomic mass is 10.1. The van der Waals surface area contributed by atoms with Crippen molar-refractivity contribution in [2.24, 2.45) is 0 Å². The molecule has 0 spiro atoms. The molecular weight excluding hydrogens is 336 g/mol. The summed E-state index contributed by atoms with van der Waals surface area (Å²) in [5.74, 6) is -0.328. The molecule has 2 rings (SSSR count). The zero-order valence-corrected chi connectivity index (χ0v) is 15.9. The van der Waals surface area contributed by atoms with Crippen molar-refractivity contribution in [2.45, 2.75) is 26.9 Å². The molecule has 6 nitrogen and oxygen atoms in total. The van der Waals surface area contributed by atoms with E-state index in [0.717, 1.165) is 12.1 Å². The van der Waals surface area contributed by atoms with E-state index < -0.39 is 0 Å². The zero-order chi connectivity index (χ0) is 18.4. The Labute approximate surface area is 152 Å². The first-order valence-electron chi connectivity index (χ1n) is 8.14. The van der Waals surface area contributed by atoms with E-state index in [-0.39, 0.29) is 11.8 Å². The van der Waals surface area contributed by atoms with Gasteiger partial charge in [0, 0.05) is 31.9 Å². The lowest BCUT2D eigenvalue weighted by molar-refractivity contribution is -0.114. The second kappa shape index (κ2) is 8.73. The average molecular weight is 360 g/mol. The maximum Gasteiger partial charge on any atom is 0.273 e. The predicted octanol–water partition coefficient (Wildman–Crippen LogP) is 2.83. The Bertz CT molecular complexity index is 725. The molecule has 25 heavy (non-hydrogen) atoms. The molecule has 0 unspecified atom stereocenters. The lowest BCUT2D eigenvalue weighted by Crippen LogP contribution is -2.30. The average Bonchev–Trinajstić information content (AvgIpc) is 3.00. The van der Waals surface area contributed by atoms with Gasteiger partial charge in [0.25, 0.3) is 5.91 Å². The summed E-state index contributed by atoms with van der Waals surface area (Å²) in [6.07, 6.45) is 0. The number of rotatable bonds is 7. The lowest BCUT2D eigenvalue weighted by Gasteiger charge is -2.20. The highest BCUT2D eigenvalue weighted by Gasteiger charge is 2.18. The van der Waals surface area contributed by atoms with Crippen LogP contribution in [0.15, 0.2) is 29.6 Å².